The van der Waals surface area contributed by atoms with E-state index < -0.39 is 0 Å². The maximum absolute atomic E-state index is 6.73. The summed E-state index contributed by atoms with van der Waals surface area (Å²) < 4.78 is 5.87. The highest BCUT2D eigenvalue weighted by molar-refractivity contribution is 8.04. The van der Waals surface area contributed by atoms with E-state index in [1.807, 2.05) is 12.1 Å². The number of ether oxygens (including phenoxy) is 1. The molecule has 0 aromatic heterocycles. The van der Waals surface area contributed by atoms with Crippen molar-refractivity contribution in [1.82, 2.24) is 5.32 Å². The van der Waals surface area contributed by atoms with E-state index in [9.17, 15) is 0 Å². The molecule has 4 nitrogen and oxygen atoms in total. The molecule has 0 bridgehead atoms. The molecule has 0 spiro atoms. The molecular weight excluding hydrogens is 306 g/mol. The molecule has 124 valence electrons. The Labute approximate surface area is 142 Å². The first-order valence-corrected chi connectivity index (χ1v) is 9.42. The Morgan fingerprint density at radius 2 is 2.00 bits per heavy atom. The lowest BCUT2D eigenvalue weighted by atomic mass is 9.83. The van der Waals surface area contributed by atoms with Crippen LogP contribution in [0.5, 0.6) is 5.75 Å². The lowest BCUT2D eigenvalue weighted by Gasteiger charge is -2.33. The van der Waals surface area contributed by atoms with E-state index in [4.69, 9.17) is 16.2 Å². The molecule has 0 radical (unpaired) electrons. The fourth-order valence-electron chi connectivity index (χ4n) is 3.94. The third kappa shape index (κ3) is 3.10. The number of hydrogen-bond acceptors (Lipinski definition) is 5. The number of fused-ring (bicyclic) bond motifs is 2. The Hall–Kier alpha value is -1.17. The molecule has 1 fully saturated rings. The summed E-state index contributed by atoms with van der Waals surface area (Å²) in [6.45, 7) is 0.721. The van der Waals surface area contributed by atoms with Gasteiger partial charge in [-0.1, -0.05) is 23.9 Å². The van der Waals surface area contributed by atoms with E-state index in [2.05, 4.69) is 17.4 Å². The van der Waals surface area contributed by atoms with Crippen LogP contribution in [0.4, 0.5) is 0 Å². The standard InChI is InChI=1S/C18H25N3OS/c19-13-7-5-12(6-8-13)11-18(20)21-17-14-3-1-2-4-15(14)22-10-9-16(17)23-18/h1-4,12-13,21H,5-11,19-20H2. The molecule has 2 heterocycles. The highest BCUT2D eigenvalue weighted by atomic mass is 32.2. The third-order valence-electron chi connectivity index (χ3n) is 5.15. The van der Waals surface area contributed by atoms with Crippen LogP contribution in [0.3, 0.4) is 0 Å². The molecular formula is C18H25N3OS. The molecule has 1 atom stereocenters. The van der Waals surface area contributed by atoms with Crippen molar-refractivity contribution in [3.8, 4) is 5.75 Å². The Morgan fingerprint density at radius 1 is 1.22 bits per heavy atom. The molecule has 1 saturated carbocycles. The number of benzene rings is 1. The zero-order valence-electron chi connectivity index (χ0n) is 13.4. The van der Waals surface area contributed by atoms with Crippen LogP contribution in [-0.4, -0.2) is 17.6 Å². The molecule has 1 aromatic carbocycles. The first kappa shape index (κ1) is 15.4. The molecule has 23 heavy (non-hydrogen) atoms. The average Bonchev–Trinajstić information content (AvgIpc) is 2.77. The van der Waals surface area contributed by atoms with E-state index in [0.717, 1.165) is 43.6 Å². The van der Waals surface area contributed by atoms with Gasteiger partial charge in [-0.2, -0.15) is 0 Å². The van der Waals surface area contributed by atoms with Crippen LogP contribution < -0.4 is 21.5 Å². The largest absolute Gasteiger partial charge is 0.493 e. The van der Waals surface area contributed by atoms with E-state index in [1.165, 1.54) is 23.4 Å². The monoisotopic (exact) mass is 331 g/mol. The van der Waals surface area contributed by atoms with Gasteiger partial charge in [0.25, 0.3) is 0 Å². The summed E-state index contributed by atoms with van der Waals surface area (Å²) in [5.74, 6) is 1.63. The quantitative estimate of drug-likeness (QED) is 0.777. The second-order valence-electron chi connectivity index (χ2n) is 6.99. The maximum Gasteiger partial charge on any atom is 0.139 e. The van der Waals surface area contributed by atoms with E-state index in [0.29, 0.717) is 12.0 Å². The van der Waals surface area contributed by atoms with Crippen molar-refractivity contribution in [3.63, 3.8) is 0 Å². The first-order valence-electron chi connectivity index (χ1n) is 8.60. The van der Waals surface area contributed by atoms with Crippen molar-refractivity contribution in [2.75, 3.05) is 6.61 Å². The number of nitrogens with one attached hydrogen (secondary N) is 1. The molecule has 1 aromatic rings. The number of thioether (sulfide) groups is 1. The highest BCUT2D eigenvalue weighted by Gasteiger charge is 2.40. The van der Waals surface area contributed by atoms with Crippen LogP contribution in [0.2, 0.25) is 0 Å². The van der Waals surface area contributed by atoms with Gasteiger partial charge in [0.2, 0.25) is 0 Å². The summed E-state index contributed by atoms with van der Waals surface area (Å²) in [6.07, 6.45) is 6.60. The maximum atomic E-state index is 6.73. The van der Waals surface area contributed by atoms with Crippen LogP contribution in [0.15, 0.2) is 29.2 Å². The van der Waals surface area contributed by atoms with Gasteiger partial charge in [-0.15, -0.1) is 0 Å². The van der Waals surface area contributed by atoms with Crippen LogP contribution >= 0.6 is 11.8 Å². The van der Waals surface area contributed by atoms with Gasteiger partial charge >= 0.3 is 0 Å². The van der Waals surface area contributed by atoms with E-state index >= 15 is 0 Å². The van der Waals surface area contributed by atoms with Gasteiger partial charge in [0, 0.05) is 22.9 Å². The van der Waals surface area contributed by atoms with Gasteiger partial charge in [0.05, 0.1) is 12.3 Å². The molecule has 0 saturated heterocycles. The van der Waals surface area contributed by atoms with Crippen LogP contribution in [-0.2, 0) is 0 Å². The second kappa shape index (κ2) is 6.04. The molecule has 1 aliphatic carbocycles. The van der Waals surface area contributed by atoms with Crippen molar-refractivity contribution in [3.05, 3.63) is 34.7 Å². The second-order valence-corrected chi connectivity index (χ2v) is 8.42. The van der Waals surface area contributed by atoms with Gasteiger partial charge in [0.15, 0.2) is 0 Å². The van der Waals surface area contributed by atoms with Crippen LogP contribution in [0.25, 0.3) is 5.70 Å². The topological polar surface area (TPSA) is 73.3 Å². The first-order chi connectivity index (χ1) is 11.1. The van der Waals surface area contributed by atoms with Gasteiger partial charge in [-0.05, 0) is 50.2 Å². The van der Waals surface area contributed by atoms with Crippen molar-refractivity contribution in [2.24, 2.45) is 17.4 Å². The van der Waals surface area contributed by atoms with Crippen molar-refractivity contribution in [2.45, 2.75) is 49.6 Å². The zero-order chi connectivity index (χ0) is 15.9. The summed E-state index contributed by atoms with van der Waals surface area (Å²) in [5, 5.41) is 3.63. The average molecular weight is 331 g/mol. The molecule has 3 aliphatic rings. The van der Waals surface area contributed by atoms with Crippen LogP contribution in [0, 0.1) is 5.92 Å². The fraction of sp³-hybridized carbons (Fsp3) is 0.556. The summed E-state index contributed by atoms with van der Waals surface area (Å²) in [4.78, 5) is 0.950. The van der Waals surface area contributed by atoms with Gasteiger partial charge in [0.1, 0.15) is 10.7 Å². The molecule has 2 aliphatic heterocycles. The summed E-state index contributed by atoms with van der Waals surface area (Å²) in [7, 11) is 0. The minimum atomic E-state index is -0.388. The molecule has 0 amide bonds. The van der Waals surface area contributed by atoms with Crippen LogP contribution in [0.1, 0.15) is 44.1 Å². The number of nitrogens with two attached hydrogens (primary N) is 2. The van der Waals surface area contributed by atoms with Crippen molar-refractivity contribution >= 4 is 17.5 Å². The van der Waals surface area contributed by atoms with E-state index in [1.54, 1.807) is 11.8 Å². The predicted molar refractivity (Wildman–Crippen MR) is 95.7 cm³/mol. The molecule has 1 unspecified atom stereocenters. The predicted octanol–water partition coefficient (Wildman–Crippen LogP) is 2.99. The fourth-order valence-corrected chi connectivity index (χ4v) is 5.30. The SMILES string of the molecule is NC1CCC(CC2(N)NC3=C(CCOc4ccccc43)S2)CC1. The Balaban J connectivity index is 1.52. The van der Waals surface area contributed by atoms with Crippen molar-refractivity contribution < 1.29 is 4.74 Å². The van der Waals surface area contributed by atoms with Gasteiger partial charge in [-0.25, -0.2) is 0 Å². The van der Waals surface area contributed by atoms with Gasteiger partial charge in [-0.3, -0.25) is 5.73 Å². The summed E-state index contributed by atoms with van der Waals surface area (Å²) >= 11 is 1.80. The number of hydrogen-bond donors (Lipinski definition) is 3. The summed E-state index contributed by atoms with van der Waals surface area (Å²) in [5.41, 5.74) is 15.1. The number of rotatable bonds is 2. The summed E-state index contributed by atoms with van der Waals surface area (Å²) in [6, 6.07) is 8.63. The lowest BCUT2D eigenvalue weighted by molar-refractivity contribution is 0.278. The normalized spacial score (nSPS) is 33.3. The number of para-hydroxylation sites is 1. The molecule has 5 N–H and O–H groups in total. The minimum absolute atomic E-state index is 0.388. The zero-order valence-corrected chi connectivity index (χ0v) is 14.2. The highest BCUT2D eigenvalue weighted by Crippen LogP contribution is 2.48. The third-order valence-corrected chi connectivity index (χ3v) is 6.43. The van der Waals surface area contributed by atoms with Crippen molar-refractivity contribution in [1.29, 1.82) is 0 Å². The molecule has 4 rings (SSSR count). The lowest BCUT2D eigenvalue weighted by Crippen LogP contribution is -2.48. The Kier molecular flexibility index (Phi) is 4.03. The Bertz CT molecular complexity index is 624. The van der Waals surface area contributed by atoms with Gasteiger partial charge < -0.3 is 15.8 Å². The smallest absolute Gasteiger partial charge is 0.139 e. The minimum Gasteiger partial charge on any atom is -0.493 e. The van der Waals surface area contributed by atoms with E-state index in [-0.39, 0.29) is 4.99 Å². The Morgan fingerprint density at radius 3 is 2.83 bits per heavy atom. The molecule has 5 heteroatoms.